The maximum atomic E-state index is 12.4. The summed E-state index contributed by atoms with van der Waals surface area (Å²) < 4.78 is 15.4. The summed E-state index contributed by atoms with van der Waals surface area (Å²) in [5.74, 6) is -1.66. The van der Waals surface area contributed by atoms with Gasteiger partial charge < -0.3 is 25.1 Å². The molecule has 8 heteroatoms. The standard InChI is InChI=1S/C17H17ClN2O5/c1-4-24-17(22)12-8(2)25-16(20)10(7-19)13(12)9-5-6-11(23-3)15(21)14(9)18/h5-6,13,21H,4,20H2,1-3H3. The summed E-state index contributed by atoms with van der Waals surface area (Å²) in [5, 5.41) is 19.6. The number of allylic oxidation sites excluding steroid dienone is 2. The molecular formula is C17H17ClN2O5. The zero-order valence-electron chi connectivity index (χ0n) is 13.9. The lowest BCUT2D eigenvalue weighted by molar-refractivity contribution is -0.139. The lowest BCUT2D eigenvalue weighted by Gasteiger charge is -2.27. The molecule has 0 fully saturated rings. The van der Waals surface area contributed by atoms with Gasteiger partial charge in [0.25, 0.3) is 0 Å². The largest absolute Gasteiger partial charge is 0.503 e. The highest BCUT2D eigenvalue weighted by Crippen LogP contribution is 2.46. The van der Waals surface area contributed by atoms with Gasteiger partial charge in [0.1, 0.15) is 17.4 Å². The number of hydrogen-bond acceptors (Lipinski definition) is 7. The molecule has 0 radical (unpaired) electrons. The Balaban J connectivity index is 2.71. The van der Waals surface area contributed by atoms with E-state index in [2.05, 4.69) is 0 Å². The Hall–Kier alpha value is -2.85. The van der Waals surface area contributed by atoms with Crippen LogP contribution in [0.25, 0.3) is 0 Å². The van der Waals surface area contributed by atoms with Crippen LogP contribution in [0.1, 0.15) is 25.3 Å². The lowest BCUT2D eigenvalue weighted by Crippen LogP contribution is -2.25. The molecule has 1 atom stereocenters. The molecule has 0 amide bonds. The maximum absolute atomic E-state index is 12.4. The number of benzene rings is 1. The summed E-state index contributed by atoms with van der Waals surface area (Å²) in [5.41, 5.74) is 6.21. The third-order valence-electron chi connectivity index (χ3n) is 3.74. The van der Waals surface area contributed by atoms with E-state index >= 15 is 0 Å². The molecule has 0 saturated carbocycles. The SMILES string of the molecule is CCOC(=O)C1=C(C)OC(N)=C(C#N)C1c1ccc(OC)c(O)c1Cl. The molecule has 0 saturated heterocycles. The number of carbonyl (C=O) groups is 1. The molecule has 1 aromatic carbocycles. The number of nitrogens with zero attached hydrogens (tertiary/aromatic N) is 1. The van der Waals surface area contributed by atoms with E-state index < -0.39 is 11.9 Å². The van der Waals surface area contributed by atoms with Crippen LogP contribution in [0, 0.1) is 11.3 Å². The number of nitriles is 1. The number of carbonyl (C=O) groups excluding carboxylic acids is 1. The molecule has 7 nitrogen and oxygen atoms in total. The Kier molecular flexibility index (Phi) is 5.45. The molecule has 2 rings (SSSR count). The lowest BCUT2D eigenvalue weighted by atomic mass is 9.83. The summed E-state index contributed by atoms with van der Waals surface area (Å²) in [4.78, 5) is 12.4. The van der Waals surface area contributed by atoms with Gasteiger partial charge in [-0.05, 0) is 25.5 Å². The van der Waals surface area contributed by atoms with E-state index in [9.17, 15) is 15.2 Å². The number of aromatic hydroxyl groups is 1. The highest BCUT2D eigenvalue weighted by atomic mass is 35.5. The molecule has 0 bridgehead atoms. The number of rotatable bonds is 4. The fraction of sp³-hybridized carbons (Fsp3) is 0.294. The van der Waals surface area contributed by atoms with E-state index in [1.54, 1.807) is 13.0 Å². The van der Waals surface area contributed by atoms with Gasteiger partial charge in [0.15, 0.2) is 11.5 Å². The molecule has 0 spiro atoms. The van der Waals surface area contributed by atoms with Crippen molar-refractivity contribution in [3.8, 4) is 17.6 Å². The predicted octanol–water partition coefficient (Wildman–Crippen LogP) is 2.70. The molecule has 1 unspecified atom stereocenters. The van der Waals surface area contributed by atoms with Crippen molar-refractivity contribution in [2.45, 2.75) is 19.8 Å². The molecule has 25 heavy (non-hydrogen) atoms. The van der Waals surface area contributed by atoms with Crippen molar-refractivity contribution in [2.24, 2.45) is 5.73 Å². The van der Waals surface area contributed by atoms with Crippen LogP contribution in [0.5, 0.6) is 11.5 Å². The molecule has 0 aromatic heterocycles. The number of halogens is 1. The van der Waals surface area contributed by atoms with Crippen molar-refractivity contribution in [3.63, 3.8) is 0 Å². The minimum atomic E-state index is -0.929. The van der Waals surface area contributed by atoms with E-state index in [1.165, 1.54) is 20.1 Å². The van der Waals surface area contributed by atoms with Gasteiger partial charge in [-0.15, -0.1) is 0 Å². The van der Waals surface area contributed by atoms with Crippen molar-refractivity contribution >= 4 is 17.6 Å². The average Bonchev–Trinajstić information content (AvgIpc) is 2.57. The summed E-state index contributed by atoms with van der Waals surface area (Å²) in [6, 6.07) is 4.97. The first kappa shape index (κ1) is 18.5. The Morgan fingerprint density at radius 1 is 1.52 bits per heavy atom. The van der Waals surface area contributed by atoms with Crippen molar-refractivity contribution in [1.29, 1.82) is 5.26 Å². The minimum Gasteiger partial charge on any atom is -0.503 e. The monoisotopic (exact) mass is 364 g/mol. The number of hydrogen-bond donors (Lipinski definition) is 2. The van der Waals surface area contributed by atoms with Crippen LogP contribution in [-0.4, -0.2) is 24.8 Å². The van der Waals surface area contributed by atoms with Gasteiger partial charge >= 0.3 is 5.97 Å². The Bertz CT molecular complexity index is 823. The summed E-state index contributed by atoms with van der Waals surface area (Å²) in [6.07, 6.45) is 0. The molecule has 0 aliphatic carbocycles. The fourth-order valence-electron chi connectivity index (χ4n) is 2.62. The topological polar surface area (TPSA) is 115 Å². The first-order valence-electron chi connectivity index (χ1n) is 7.38. The first-order valence-corrected chi connectivity index (χ1v) is 7.75. The van der Waals surface area contributed by atoms with E-state index in [1.807, 2.05) is 6.07 Å². The Morgan fingerprint density at radius 2 is 2.20 bits per heavy atom. The van der Waals surface area contributed by atoms with Crippen molar-refractivity contribution in [3.05, 3.63) is 45.5 Å². The van der Waals surface area contributed by atoms with Crippen LogP contribution < -0.4 is 10.5 Å². The zero-order chi connectivity index (χ0) is 18.7. The quantitative estimate of drug-likeness (QED) is 0.789. The second-order valence-corrected chi connectivity index (χ2v) is 5.51. The number of methoxy groups -OCH3 is 1. The van der Waals surface area contributed by atoms with E-state index in [-0.39, 0.29) is 45.9 Å². The van der Waals surface area contributed by atoms with Gasteiger partial charge in [-0.3, -0.25) is 0 Å². The molecule has 3 N–H and O–H groups in total. The third kappa shape index (κ3) is 3.21. The van der Waals surface area contributed by atoms with Crippen LogP contribution in [0.15, 0.2) is 34.9 Å². The van der Waals surface area contributed by atoms with Crippen LogP contribution >= 0.6 is 11.6 Å². The highest BCUT2D eigenvalue weighted by Gasteiger charge is 2.38. The molecule has 1 heterocycles. The smallest absolute Gasteiger partial charge is 0.338 e. The maximum Gasteiger partial charge on any atom is 0.338 e. The molecular weight excluding hydrogens is 348 g/mol. The van der Waals surface area contributed by atoms with Crippen molar-refractivity contribution in [2.75, 3.05) is 13.7 Å². The van der Waals surface area contributed by atoms with Gasteiger partial charge in [0.05, 0.1) is 30.2 Å². The predicted molar refractivity (Wildman–Crippen MR) is 89.7 cm³/mol. The van der Waals surface area contributed by atoms with Crippen LogP contribution in [-0.2, 0) is 14.3 Å². The van der Waals surface area contributed by atoms with Crippen molar-refractivity contribution < 1.29 is 24.1 Å². The Labute approximate surface area is 149 Å². The number of nitrogens with two attached hydrogens (primary N) is 1. The highest BCUT2D eigenvalue weighted by molar-refractivity contribution is 6.33. The van der Waals surface area contributed by atoms with E-state index in [0.29, 0.717) is 5.56 Å². The van der Waals surface area contributed by atoms with Gasteiger partial charge in [-0.2, -0.15) is 5.26 Å². The Morgan fingerprint density at radius 3 is 2.76 bits per heavy atom. The summed E-state index contributed by atoms with van der Waals surface area (Å²) >= 11 is 6.26. The third-order valence-corrected chi connectivity index (χ3v) is 4.14. The zero-order valence-corrected chi connectivity index (χ0v) is 14.7. The van der Waals surface area contributed by atoms with Gasteiger partial charge in [-0.1, -0.05) is 17.7 Å². The van der Waals surface area contributed by atoms with Gasteiger partial charge in [0, 0.05) is 0 Å². The van der Waals surface area contributed by atoms with Crippen LogP contribution in [0.2, 0.25) is 5.02 Å². The normalized spacial score (nSPS) is 17.0. The molecule has 1 aliphatic rings. The van der Waals surface area contributed by atoms with Gasteiger partial charge in [0.2, 0.25) is 5.88 Å². The van der Waals surface area contributed by atoms with Gasteiger partial charge in [-0.25, -0.2) is 4.79 Å². The van der Waals surface area contributed by atoms with E-state index in [4.69, 9.17) is 31.5 Å². The van der Waals surface area contributed by atoms with E-state index in [0.717, 1.165) is 0 Å². The van der Waals surface area contributed by atoms with Crippen LogP contribution in [0.4, 0.5) is 0 Å². The first-order chi connectivity index (χ1) is 11.9. The average molecular weight is 365 g/mol. The minimum absolute atomic E-state index is 0.000111. The number of esters is 1. The second kappa shape index (κ2) is 7.36. The molecule has 132 valence electrons. The number of phenolic OH excluding ortho intramolecular Hbond substituents is 1. The summed E-state index contributed by atoms with van der Waals surface area (Å²) in [6.45, 7) is 3.34. The summed E-state index contributed by atoms with van der Waals surface area (Å²) in [7, 11) is 1.38. The molecule has 1 aromatic rings. The molecule has 1 aliphatic heterocycles. The number of phenols is 1. The fourth-order valence-corrected chi connectivity index (χ4v) is 2.88. The second-order valence-electron chi connectivity index (χ2n) is 5.13. The van der Waals surface area contributed by atoms with Crippen LogP contribution in [0.3, 0.4) is 0 Å². The van der Waals surface area contributed by atoms with Crippen molar-refractivity contribution in [1.82, 2.24) is 0 Å². The number of ether oxygens (including phenoxy) is 3.